The van der Waals surface area contributed by atoms with Crippen molar-refractivity contribution >= 4 is 11.8 Å². The Balaban J connectivity index is 1.58. The van der Waals surface area contributed by atoms with Crippen LogP contribution in [0.25, 0.3) is 0 Å². The third-order valence-electron chi connectivity index (χ3n) is 6.27. The summed E-state index contributed by atoms with van der Waals surface area (Å²) in [5.74, 6) is -0.673. The molecule has 1 aromatic carbocycles. The standard InChI is InChI=1S/C22H27F6N3O2/c1-13(2)11-29-18(32)12-31-5-3-20(4-6-31)10-17(20)30-19(33)14-7-15(21(23,24)25)9-16(8-14)22(26,27)28/h7-9,13,17H,3-6,10-12H2,1-2H3,(H,29,32)(H,30,33). The molecule has 1 aliphatic heterocycles. The number of hydrogen-bond acceptors (Lipinski definition) is 3. The summed E-state index contributed by atoms with van der Waals surface area (Å²) in [4.78, 5) is 26.5. The zero-order valence-corrected chi connectivity index (χ0v) is 18.4. The van der Waals surface area contributed by atoms with E-state index < -0.39 is 35.0 Å². The summed E-state index contributed by atoms with van der Waals surface area (Å²) in [6.07, 6.45) is -8.04. The number of rotatable bonds is 6. The molecule has 0 bridgehead atoms. The van der Waals surface area contributed by atoms with E-state index in [4.69, 9.17) is 0 Å². The Morgan fingerprint density at radius 2 is 1.58 bits per heavy atom. The molecule has 1 heterocycles. The quantitative estimate of drug-likeness (QED) is 0.605. The van der Waals surface area contributed by atoms with Gasteiger partial charge in [-0.3, -0.25) is 14.5 Å². The maximum absolute atomic E-state index is 13.0. The van der Waals surface area contributed by atoms with E-state index in [1.165, 1.54) is 0 Å². The third kappa shape index (κ3) is 6.39. The fourth-order valence-corrected chi connectivity index (χ4v) is 4.17. The molecule has 3 rings (SSSR count). The van der Waals surface area contributed by atoms with Crippen molar-refractivity contribution in [1.82, 2.24) is 15.5 Å². The highest BCUT2D eigenvalue weighted by Crippen LogP contribution is 2.54. The number of amides is 2. The summed E-state index contributed by atoms with van der Waals surface area (Å²) in [5, 5.41) is 5.46. The van der Waals surface area contributed by atoms with Crippen LogP contribution in [-0.4, -0.2) is 48.9 Å². The number of carbonyl (C=O) groups excluding carboxylic acids is 2. The summed E-state index contributed by atoms with van der Waals surface area (Å²) in [6, 6.07) is 0.573. The molecule has 1 aliphatic carbocycles. The Bertz CT molecular complexity index is 857. The molecule has 2 aliphatic rings. The van der Waals surface area contributed by atoms with E-state index in [-0.39, 0.29) is 30.0 Å². The number of piperidine rings is 1. The molecule has 1 saturated heterocycles. The van der Waals surface area contributed by atoms with Crippen LogP contribution in [0.15, 0.2) is 18.2 Å². The molecule has 184 valence electrons. The molecule has 1 saturated carbocycles. The summed E-state index contributed by atoms with van der Waals surface area (Å²) in [6.45, 7) is 6.11. The van der Waals surface area contributed by atoms with Crippen LogP contribution in [0.2, 0.25) is 0 Å². The maximum atomic E-state index is 13.0. The first-order chi connectivity index (χ1) is 15.2. The Morgan fingerprint density at radius 1 is 1.03 bits per heavy atom. The monoisotopic (exact) mass is 479 g/mol. The van der Waals surface area contributed by atoms with Gasteiger partial charge in [0.2, 0.25) is 5.91 Å². The van der Waals surface area contributed by atoms with E-state index in [2.05, 4.69) is 10.6 Å². The van der Waals surface area contributed by atoms with Gasteiger partial charge in [0.05, 0.1) is 17.7 Å². The fourth-order valence-electron chi connectivity index (χ4n) is 4.17. The zero-order chi connectivity index (χ0) is 24.6. The molecule has 5 nitrogen and oxygen atoms in total. The van der Waals surface area contributed by atoms with Gasteiger partial charge in [-0.05, 0) is 61.9 Å². The van der Waals surface area contributed by atoms with Crippen LogP contribution in [0.5, 0.6) is 0 Å². The van der Waals surface area contributed by atoms with Crippen LogP contribution in [0.1, 0.15) is 54.6 Å². The number of carbonyl (C=O) groups is 2. The first-order valence-corrected chi connectivity index (χ1v) is 10.8. The number of alkyl halides is 6. The van der Waals surface area contributed by atoms with Crippen LogP contribution in [0, 0.1) is 11.3 Å². The minimum atomic E-state index is -5.01. The van der Waals surface area contributed by atoms with E-state index in [1.807, 2.05) is 18.7 Å². The number of nitrogens with zero attached hydrogens (tertiary/aromatic N) is 1. The number of halogens is 6. The first-order valence-electron chi connectivity index (χ1n) is 10.8. The van der Waals surface area contributed by atoms with Gasteiger partial charge < -0.3 is 10.6 Å². The number of benzene rings is 1. The van der Waals surface area contributed by atoms with Crippen LogP contribution < -0.4 is 10.6 Å². The molecule has 2 N–H and O–H groups in total. The molecule has 1 atom stereocenters. The van der Waals surface area contributed by atoms with Gasteiger partial charge in [-0.15, -0.1) is 0 Å². The molecular weight excluding hydrogens is 452 g/mol. The lowest BCUT2D eigenvalue weighted by molar-refractivity contribution is -0.143. The fraction of sp³-hybridized carbons (Fsp3) is 0.636. The van der Waals surface area contributed by atoms with Gasteiger partial charge in [0.1, 0.15) is 0 Å². The molecule has 11 heteroatoms. The van der Waals surface area contributed by atoms with E-state index in [0.29, 0.717) is 56.9 Å². The van der Waals surface area contributed by atoms with E-state index in [1.54, 1.807) is 0 Å². The van der Waals surface area contributed by atoms with Crippen LogP contribution >= 0.6 is 0 Å². The van der Waals surface area contributed by atoms with Gasteiger partial charge in [-0.1, -0.05) is 13.8 Å². The Labute approximate surface area is 187 Å². The van der Waals surface area contributed by atoms with Crippen LogP contribution in [0.3, 0.4) is 0 Å². The highest BCUT2D eigenvalue weighted by molar-refractivity contribution is 5.95. The first kappa shape index (κ1) is 25.3. The van der Waals surface area contributed by atoms with E-state index >= 15 is 0 Å². The lowest BCUT2D eigenvalue weighted by Crippen LogP contribution is -2.44. The van der Waals surface area contributed by atoms with Gasteiger partial charge >= 0.3 is 12.4 Å². The van der Waals surface area contributed by atoms with Crippen molar-refractivity contribution in [3.05, 3.63) is 34.9 Å². The summed E-state index contributed by atoms with van der Waals surface area (Å²) in [7, 11) is 0. The molecule has 1 aromatic rings. The van der Waals surface area contributed by atoms with Crippen molar-refractivity contribution in [2.45, 2.75) is 51.5 Å². The molecule has 0 radical (unpaired) electrons. The van der Waals surface area contributed by atoms with Gasteiger partial charge in [0.25, 0.3) is 5.91 Å². The average molecular weight is 479 g/mol. The second-order valence-electron chi connectivity index (χ2n) is 9.36. The number of nitrogens with one attached hydrogen (secondary N) is 2. The van der Waals surface area contributed by atoms with Crippen molar-refractivity contribution in [3.63, 3.8) is 0 Å². The Morgan fingerprint density at radius 3 is 2.06 bits per heavy atom. The second kappa shape index (κ2) is 9.15. The zero-order valence-electron chi connectivity index (χ0n) is 18.4. The normalized spacial score (nSPS) is 20.7. The Kier molecular flexibility index (Phi) is 7.02. The molecule has 2 amide bonds. The number of likely N-dealkylation sites (tertiary alicyclic amines) is 1. The predicted octanol–water partition coefficient (Wildman–Crippen LogP) is 4.08. The summed E-state index contributed by atoms with van der Waals surface area (Å²) in [5.41, 5.74) is -3.93. The topological polar surface area (TPSA) is 61.4 Å². The molecule has 2 fully saturated rings. The molecule has 0 aromatic heterocycles. The minimum absolute atomic E-state index is 0.00241. The summed E-state index contributed by atoms with van der Waals surface area (Å²) >= 11 is 0. The molecular formula is C22H27F6N3O2. The Hall–Kier alpha value is -2.30. The SMILES string of the molecule is CC(C)CNC(=O)CN1CCC2(CC1)CC2NC(=O)c1cc(C(F)(F)F)cc(C(F)(F)F)c1. The van der Waals surface area contributed by atoms with Crippen LogP contribution in [-0.2, 0) is 17.1 Å². The van der Waals surface area contributed by atoms with Crippen molar-refractivity contribution in [3.8, 4) is 0 Å². The minimum Gasteiger partial charge on any atom is -0.355 e. The number of hydrogen-bond donors (Lipinski definition) is 2. The average Bonchev–Trinajstić information content (AvgIpc) is 3.37. The highest BCUT2D eigenvalue weighted by Gasteiger charge is 2.55. The van der Waals surface area contributed by atoms with Crippen molar-refractivity contribution in [2.75, 3.05) is 26.2 Å². The van der Waals surface area contributed by atoms with Crippen molar-refractivity contribution in [1.29, 1.82) is 0 Å². The van der Waals surface area contributed by atoms with Crippen molar-refractivity contribution in [2.24, 2.45) is 11.3 Å². The maximum Gasteiger partial charge on any atom is 0.416 e. The molecule has 1 spiro atoms. The van der Waals surface area contributed by atoms with Gasteiger partial charge in [-0.25, -0.2) is 0 Å². The van der Waals surface area contributed by atoms with Gasteiger partial charge in [0.15, 0.2) is 0 Å². The van der Waals surface area contributed by atoms with E-state index in [0.717, 1.165) is 0 Å². The molecule has 33 heavy (non-hydrogen) atoms. The second-order valence-corrected chi connectivity index (χ2v) is 9.36. The van der Waals surface area contributed by atoms with Crippen molar-refractivity contribution < 1.29 is 35.9 Å². The van der Waals surface area contributed by atoms with Crippen LogP contribution in [0.4, 0.5) is 26.3 Å². The highest BCUT2D eigenvalue weighted by atomic mass is 19.4. The largest absolute Gasteiger partial charge is 0.416 e. The lowest BCUT2D eigenvalue weighted by atomic mass is 9.92. The smallest absolute Gasteiger partial charge is 0.355 e. The molecule has 1 unspecified atom stereocenters. The van der Waals surface area contributed by atoms with Gasteiger partial charge in [-0.2, -0.15) is 26.3 Å². The van der Waals surface area contributed by atoms with E-state index in [9.17, 15) is 35.9 Å². The van der Waals surface area contributed by atoms with Gasteiger partial charge in [0, 0.05) is 18.2 Å². The summed E-state index contributed by atoms with van der Waals surface area (Å²) < 4.78 is 78.3. The third-order valence-corrected chi connectivity index (χ3v) is 6.27. The predicted molar refractivity (Wildman–Crippen MR) is 108 cm³/mol. The lowest BCUT2D eigenvalue weighted by Gasteiger charge is -2.32.